The molecule has 190 valence electrons. The van der Waals surface area contributed by atoms with Gasteiger partial charge in [0.25, 0.3) is 5.56 Å². The highest BCUT2D eigenvalue weighted by Gasteiger charge is 2.37. The molecule has 1 saturated carbocycles. The van der Waals surface area contributed by atoms with Gasteiger partial charge in [0.1, 0.15) is 17.5 Å². The van der Waals surface area contributed by atoms with Crippen molar-refractivity contribution >= 4 is 46.2 Å². The Hall–Kier alpha value is -3.10. The van der Waals surface area contributed by atoms with E-state index in [0.29, 0.717) is 24.2 Å². The van der Waals surface area contributed by atoms with E-state index in [-0.39, 0.29) is 38.7 Å². The van der Waals surface area contributed by atoms with E-state index in [1.165, 1.54) is 4.57 Å². The summed E-state index contributed by atoms with van der Waals surface area (Å²) >= 11 is 12.7. The van der Waals surface area contributed by atoms with Gasteiger partial charge in [0.05, 0.1) is 32.6 Å². The third kappa shape index (κ3) is 5.50. The number of hydrogen-bond donors (Lipinski definition) is 1. The van der Waals surface area contributed by atoms with Crippen LogP contribution >= 0.6 is 23.2 Å². The third-order valence-corrected chi connectivity index (χ3v) is 6.44. The number of amides is 1. The number of rotatable bonds is 5. The Labute approximate surface area is 218 Å². The zero-order valence-corrected chi connectivity index (χ0v) is 21.9. The van der Waals surface area contributed by atoms with E-state index in [2.05, 4.69) is 10.3 Å². The number of nitrogens with one attached hydrogen (secondary N) is 1. The number of esters is 1. The van der Waals surface area contributed by atoms with Gasteiger partial charge in [-0.05, 0) is 52.0 Å². The lowest BCUT2D eigenvalue weighted by Gasteiger charge is -2.37. The van der Waals surface area contributed by atoms with Crippen molar-refractivity contribution in [3.63, 3.8) is 0 Å². The average Bonchev–Trinajstić information content (AvgIpc) is 2.77. The van der Waals surface area contributed by atoms with Crippen molar-refractivity contribution in [2.75, 3.05) is 0 Å². The van der Waals surface area contributed by atoms with Gasteiger partial charge in [0.2, 0.25) is 0 Å². The van der Waals surface area contributed by atoms with Crippen molar-refractivity contribution in [1.29, 1.82) is 0 Å². The molecule has 0 aliphatic heterocycles. The highest BCUT2D eigenvalue weighted by atomic mass is 35.5. The number of carbonyl (C=O) groups excluding carboxylic acids is 2. The molecule has 1 heterocycles. The van der Waals surface area contributed by atoms with Gasteiger partial charge in [0.15, 0.2) is 0 Å². The second kappa shape index (κ2) is 10.1. The number of fused-ring (bicyclic) bond motifs is 1. The molecule has 3 aromatic rings. The summed E-state index contributed by atoms with van der Waals surface area (Å²) in [5.41, 5.74) is -0.355. The van der Waals surface area contributed by atoms with Crippen LogP contribution < -0.4 is 10.9 Å². The Morgan fingerprint density at radius 3 is 2.36 bits per heavy atom. The Kier molecular flexibility index (Phi) is 7.29. The minimum atomic E-state index is -0.694. The third-order valence-electron chi connectivity index (χ3n) is 5.82. The van der Waals surface area contributed by atoms with Crippen LogP contribution in [0.15, 0.2) is 47.3 Å². The van der Waals surface area contributed by atoms with Crippen LogP contribution in [0, 0.1) is 0 Å². The van der Waals surface area contributed by atoms with Crippen LogP contribution in [0.1, 0.15) is 68.8 Å². The first kappa shape index (κ1) is 26.0. The van der Waals surface area contributed by atoms with Gasteiger partial charge in [-0.25, -0.2) is 14.6 Å². The van der Waals surface area contributed by atoms with Crippen molar-refractivity contribution < 1.29 is 19.1 Å². The van der Waals surface area contributed by atoms with Crippen LogP contribution in [0.4, 0.5) is 4.79 Å². The van der Waals surface area contributed by atoms with Gasteiger partial charge in [0, 0.05) is 18.9 Å². The first-order chi connectivity index (χ1) is 16.9. The van der Waals surface area contributed by atoms with E-state index in [4.69, 9.17) is 32.7 Å². The number of alkyl carbamates (subject to hydrolysis) is 1. The lowest BCUT2D eigenvalue weighted by molar-refractivity contribution is -0.00944. The second-order valence-corrected chi connectivity index (χ2v) is 10.6. The largest absolute Gasteiger partial charge is 0.459 e. The van der Waals surface area contributed by atoms with Crippen molar-refractivity contribution in [3.05, 3.63) is 74.3 Å². The molecule has 36 heavy (non-hydrogen) atoms. The smallest absolute Gasteiger partial charge is 0.408 e. The topological polar surface area (TPSA) is 99.5 Å². The molecule has 2 aromatic carbocycles. The molecule has 8 nitrogen and oxygen atoms in total. The van der Waals surface area contributed by atoms with Crippen LogP contribution in [0.5, 0.6) is 0 Å². The fourth-order valence-electron chi connectivity index (χ4n) is 4.09. The lowest BCUT2D eigenvalue weighted by Crippen LogP contribution is -2.43. The molecule has 0 spiro atoms. The molecule has 0 bridgehead atoms. The quantitative estimate of drug-likeness (QED) is 0.414. The second-order valence-electron chi connectivity index (χ2n) is 9.78. The zero-order chi connectivity index (χ0) is 26.2. The minimum absolute atomic E-state index is 0.196. The van der Waals surface area contributed by atoms with Crippen LogP contribution in [0.25, 0.3) is 10.9 Å². The van der Waals surface area contributed by atoms with Crippen LogP contribution in [0.3, 0.4) is 0 Å². The predicted molar refractivity (Wildman–Crippen MR) is 138 cm³/mol. The Morgan fingerprint density at radius 1 is 1.08 bits per heavy atom. The van der Waals surface area contributed by atoms with Crippen molar-refractivity contribution in [2.45, 2.75) is 64.3 Å². The van der Waals surface area contributed by atoms with Crippen molar-refractivity contribution in [2.24, 2.45) is 0 Å². The van der Waals surface area contributed by atoms with E-state index in [1.54, 1.807) is 64.1 Å². The van der Waals surface area contributed by atoms with Gasteiger partial charge < -0.3 is 14.8 Å². The van der Waals surface area contributed by atoms with E-state index in [9.17, 15) is 14.4 Å². The molecule has 0 saturated heterocycles. The van der Waals surface area contributed by atoms with E-state index < -0.39 is 23.7 Å². The predicted octanol–water partition coefficient (Wildman–Crippen LogP) is 5.85. The van der Waals surface area contributed by atoms with Crippen molar-refractivity contribution in [3.8, 4) is 0 Å². The molecule has 0 unspecified atom stereocenters. The minimum Gasteiger partial charge on any atom is -0.459 e. The maximum absolute atomic E-state index is 13.7. The summed E-state index contributed by atoms with van der Waals surface area (Å²) in [5.74, 6) is -0.113. The fourth-order valence-corrected chi connectivity index (χ4v) is 4.53. The number of carbonyl (C=O) groups is 2. The normalized spacial score (nSPS) is 18.3. The molecule has 1 N–H and O–H groups in total. The maximum Gasteiger partial charge on any atom is 0.408 e. The molecule has 1 amide bonds. The molecule has 10 heteroatoms. The highest BCUT2D eigenvalue weighted by Crippen LogP contribution is 2.37. The van der Waals surface area contributed by atoms with Gasteiger partial charge in [-0.3, -0.25) is 9.36 Å². The average molecular weight is 532 g/mol. The Morgan fingerprint density at radius 2 is 1.72 bits per heavy atom. The zero-order valence-electron chi connectivity index (χ0n) is 20.4. The SMILES string of the molecule is C[C@H](NC(=O)OC(C)(C)C)c1nc2c(Cl)ccc(Cl)c2c(=O)n1[C@H]1C[C@H](OC(=O)c2ccccc2)C1. The summed E-state index contributed by atoms with van der Waals surface area (Å²) in [6.07, 6.45) is -0.176. The first-order valence-electron chi connectivity index (χ1n) is 11.6. The molecule has 1 atom stereocenters. The summed E-state index contributed by atoms with van der Waals surface area (Å²) in [6.45, 7) is 6.98. The first-order valence-corrected chi connectivity index (χ1v) is 12.4. The number of nitrogens with zero attached hydrogens (tertiary/aromatic N) is 2. The molecule has 1 aromatic heterocycles. The van der Waals surface area contributed by atoms with E-state index >= 15 is 0 Å². The number of aromatic nitrogens is 2. The number of halogens is 2. The highest BCUT2D eigenvalue weighted by molar-refractivity contribution is 6.39. The Bertz CT molecular complexity index is 1360. The molecule has 4 rings (SSSR count). The number of benzene rings is 2. The van der Waals surface area contributed by atoms with Crippen molar-refractivity contribution in [1.82, 2.24) is 14.9 Å². The maximum atomic E-state index is 13.7. The Balaban J connectivity index is 1.64. The lowest BCUT2D eigenvalue weighted by atomic mass is 9.88. The molecule has 0 radical (unpaired) electrons. The van der Waals surface area contributed by atoms with Gasteiger partial charge in [-0.1, -0.05) is 41.4 Å². The van der Waals surface area contributed by atoms with Crippen LogP contribution in [0.2, 0.25) is 10.0 Å². The summed E-state index contributed by atoms with van der Waals surface area (Å²) < 4.78 is 12.5. The van der Waals surface area contributed by atoms with Gasteiger partial charge >= 0.3 is 12.1 Å². The summed E-state index contributed by atoms with van der Waals surface area (Å²) in [7, 11) is 0. The fraction of sp³-hybridized carbons (Fsp3) is 0.385. The number of hydrogen-bond acceptors (Lipinski definition) is 6. The van der Waals surface area contributed by atoms with Gasteiger partial charge in [-0.15, -0.1) is 0 Å². The summed E-state index contributed by atoms with van der Waals surface area (Å²) in [5, 5.41) is 3.44. The monoisotopic (exact) mass is 531 g/mol. The molecular formula is C26H27Cl2N3O5. The van der Waals surface area contributed by atoms with E-state index in [0.717, 1.165) is 0 Å². The molecule has 1 fully saturated rings. The number of ether oxygens (including phenoxy) is 2. The molecular weight excluding hydrogens is 505 g/mol. The summed E-state index contributed by atoms with van der Waals surface area (Å²) in [6, 6.07) is 10.8. The van der Waals surface area contributed by atoms with E-state index in [1.807, 2.05) is 6.07 Å². The van der Waals surface area contributed by atoms with Crippen LogP contribution in [-0.4, -0.2) is 33.3 Å². The van der Waals surface area contributed by atoms with Gasteiger partial charge in [-0.2, -0.15) is 0 Å². The standard InChI is InChI=1S/C26H27Cl2N3O5/c1-14(29-25(34)36-26(2,3)4)22-30-21-19(28)11-10-18(27)20(21)23(32)31(22)16-12-17(13-16)35-24(33)15-8-6-5-7-9-15/h5-11,14,16-17H,12-13H2,1-4H3,(H,29,34)/t14-,16-,17-/m0/s1. The van der Waals surface area contributed by atoms with Crippen LogP contribution in [-0.2, 0) is 9.47 Å². The molecule has 1 aliphatic rings. The summed E-state index contributed by atoms with van der Waals surface area (Å²) in [4.78, 5) is 43.2. The molecule has 1 aliphatic carbocycles.